The molecule has 2 N–H and O–H groups in total. The Kier molecular flexibility index (Phi) is 7.38. The summed E-state index contributed by atoms with van der Waals surface area (Å²) >= 11 is 0. The van der Waals surface area contributed by atoms with Crippen LogP contribution in [0.3, 0.4) is 0 Å². The van der Waals surface area contributed by atoms with Gasteiger partial charge in [-0.25, -0.2) is 12.8 Å². The van der Waals surface area contributed by atoms with E-state index >= 15 is 0 Å². The standard InChI is InChI=1S/C23H23FN2O4S/c1-30-19-11-7-10-18(14-19)16-25-23(27)21(15-17-8-3-2-4-9-17)26-31(28,29)22-13-6-5-12-20(22)24/h2-14,21,26H,15-16H2,1H3,(H,25,27). The molecule has 3 aromatic rings. The summed E-state index contributed by atoms with van der Waals surface area (Å²) in [5.41, 5.74) is 1.56. The molecule has 162 valence electrons. The first kappa shape index (κ1) is 22.5. The van der Waals surface area contributed by atoms with Crippen LogP contribution in [0, 0.1) is 5.82 Å². The fourth-order valence-corrected chi connectivity index (χ4v) is 4.32. The van der Waals surface area contributed by atoms with Crippen molar-refractivity contribution in [2.75, 3.05) is 7.11 Å². The largest absolute Gasteiger partial charge is 0.497 e. The second-order valence-corrected chi connectivity index (χ2v) is 8.55. The second kappa shape index (κ2) is 10.2. The van der Waals surface area contributed by atoms with Gasteiger partial charge in [0.25, 0.3) is 0 Å². The van der Waals surface area contributed by atoms with Gasteiger partial charge in [0, 0.05) is 6.54 Å². The number of ether oxygens (including phenoxy) is 1. The molecule has 0 heterocycles. The maximum Gasteiger partial charge on any atom is 0.244 e. The van der Waals surface area contributed by atoms with E-state index < -0.39 is 32.7 Å². The minimum atomic E-state index is -4.25. The number of halogens is 1. The molecule has 0 saturated carbocycles. The SMILES string of the molecule is COc1cccc(CNC(=O)C(Cc2ccccc2)NS(=O)(=O)c2ccccc2F)c1. The lowest BCUT2D eigenvalue weighted by Crippen LogP contribution is -2.47. The molecule has 1 unspecified atom stereocenters. The number of hydrogen-bond acceptors (Lipinski definition) is 4. The van der Waals surface area contributed by atoms with Gasteiger partial charge in [-0.15, -0.1) is 0 Å². The van der Waals surface area contributed by atoms with Crippen molar-refractivity contribution in [3.63, 3.8) is 0 Å². The van der Waals surface area contributed by atoms with E-state index in [1.165, 1.54) is 12.1 Å². The van der Waals surface area contributed by atoms with Crippen molar-refractivity contribution >= 4 is 15.9 Å². The van der Waals surface area contributed by atoms with Gasteiger partial charge in [0.2, 0.25) is 15.9 Å². The van der Waals surface area contributed by atoms with Crippen LogP contribution in [0.5, 0.6) is 5.75 Å². The lowest BCUT2D eigenvalue weighted by molar-refractivity contribution is -0.122. The Morgan fingerprint density at radius 2 is 1.65 bits per heavy atom. The number of amides is 1. The van der Waals surface area contributed by atoms with Gasteiger partial charge in [0.05, 0.1) is 7.11 Å². The maximum atomic E-state index is 14.1. The summed E-state index contributed by atoms with van der Waals surface area (Å²) in [6.45, 7) is 0.183. The molecule has 8 heteroatoms. The van der Waals surface area contributed by atoms with Gasteiger partial charge in [-0.2, -0.15) is 4.72 Å². The van der Waals surface area contributed by atoms with Gasteiger partial charge in [-0.05, 0) is 41.8 Å². The number of methoxy groups -OCH3 is 1. The highest BCUT2D eigenvalue weighted by atomic mass is 32.2. The fraction of sp³-hybridized carbons (Fsp3) is 0.174. The van der Waals surface area contributed by atoms with Crippen LogP contribution in [-0.2, 0) is 27.8 Å². The van der Waals surface area contributed by atoms with E-state index in [1.54, 1.807) is 49.6 Å². The number of nitrogens with one attached hydrogen (secondary N) is 2. The predicted molar refractivity (Wildman–Crippen MR) is 115 cm³/mol. The molecule has 0 fully saturated rings. The summed E-state index contributed by atoms with van der Waals surface area (Å²) in [7, 11) is -2.71. The quantitative estimate of drug-likeness (QED) is 0.534. The Bertz CT molecular complexity index is 1140. The molecular weight excluding hydrogens is 419 g/mol. The van der Waals surface area contributed by atoms with E-state index in [0.29, 0.717) is 5.75 Å². The molecule has 0 aromatic heterocycles. The average molecular weight is 443 g/mol. The normalized spacial score (nSPS) is 12.2. The molecule has 0 aliphatic rings. The zero-order valence-electron chi connectivity index (χ0n) is 16.9. The Balaban J connectivity index is 1.80. The molecule has 1 atom stereocenters. The van der Waals surface area contributed by atoms with Crippen LogP contribution in [-0.4, -0.2) is 27.5 Å². The van der Waals surface area contributed by atoms with Crippen LogP contribution in [0.4, 0.5) is 4.39 Å². The Morgan fingerprint density at radius 1 is 0.968 bits per heavy atom. The summed E-state index contributed by atoms with van der Waals surface area (Å²) in [6.07, 6.45) is 0.110. The van der Waals surface area contributed by atoms with Crippen molar-refractivity contribution in [3.8, 4) is 5.75 Å². The topological polar surface area (TPSA) is 84.5 Å². The molecule has 0 aliphatic heterocycles. The molecule has 3 aromatic carbocycles. The highest BCUT2D eigenvalue weighted by Crippen LogP contribution is 2.16. The molecule has 0 spiro atoms. The van der Waals surface area contributed by atoms with Crippen molar-refractivity contribution in [1.29, 1.82) is 0 Å². The molecule has 0 bridgehead atoms. The first-order chi connectivity index (χ1) is 14.9. The van der Waals surface area contributed by atoms with Crippen LogP contribution >= 0.6 is 0 Å². The highest BCUT2D eigenvalue weighted by Gasteiger charge is 2.27. The van der Waals surface area contributed by atoms with Crippen LogP contribution in [0.1, 0.15) is 11.1 Å². The Labute approximate surface area is 181 Å². The van der Waals surface area contributed by atoms with Gasteiger partial charge >= 0.3 is 0 Å². The lowest BCUT2D eigenvalue weighted by atomic mass is 10.1. The fourth-order valence-electron chi connectivity index (χ4n) is 3.05. The van der Waals surface area contributed by atoms with Crippen LogP contribution in [0.15, 0.2) is 83.8 Å². The van der Waals surface area contributed by atoms with Crippen molar-refractivity contribution in [2.24, 2.45) is 0 Å². The summed E-state index contributed by atoms with van der Waals surface area (Å²) in [4.78, 5) is 12.4. The molecule has 0 saturated heterocycles. The van der Waals surface area contributed by atoms with Crippen LogP contribution in [0.2, 0.25) is 0 Å². The third kappa shape index (κ3) is 6.13. The van der Waals surface area contributed by atoms with Crippen molar-refractivity contribution in [2.45, 2.75) is 23.9 Å². The summed E-state index contributed by atoms with van der Waals surface area (Å²) in [5, 5.41) is 2.74. The monoisotopic (exact) mass is 442 g/mol. The van der Waals surface area contributed by atoms with E-state index in [2.05, 4.69) is 10.0 Å². The molecule has 0 aliphatic carbocycles. The van der Waals surface area contributed by atoms with Gasteiger partial charge < -0.3 is 10.1 Å². The molecule has 6 nitrogen and oxygen atoms in total. The minimum Gasteiger partial charge on any atom is -0.497 e. The van der Waals surface area contributed by atoms with Crippen molar-refractivity contribution < 1.29 is 22.3 Å². The van der Waals surface area contributed by atoms with E-state index in [9.17, 15) is 17.6 Å². The Hall–Kier alpha value is -3.23. The molecular formula is C23H23FN2O4S. The summed E-state index contributed by atoms with van der Waals surface area (Å²) < 4.78 is 47.1. The lowest BCUT2D eigenvalue weighted by Gasteiger charge is -2.19. The molecule has 31 heavy (non-hydrogen) atoms. The zero-order chi connectivity index (χ0) is 22.3. The van der Waals surface area contributed by atoms with E-state index in [0.717, 1.165) is 23.3 Å². The average Bonchev–Trinajstić information content (AvgIpc) is 2.78. The third-order valence-electron chi connectivity index (χ3n) is 4.62. The van der Waals surface area contributed by atoms with Crippen LogP contribution in [0.25, 0.3) is 0 Å². The van der Waals surface area contributed by atoms with Gasteiger partial charge in [-0.3, -0.25) is 4.79 Å². The zero-order valence-corrected chi connectivity index (χ0v) is 17.7. The molecule has 0 radical (unpaired) electrons. The number of carbonyl (C=O) groups is 1. The second-order valence-electron chi connectivity index (χ2n) is 6.86. The molecule has 3 rings (SSSR count). The maximum absolute atomic E-state index is 14.1. The smallest absolute Gasteiger partial charge is 0.244 e. The Morgan fingerprint density at radius 3 is 2.35 bits per heavy atom. The number of benzene rings is 3. The van der Waals surface area contributed by atoms with E-state index in [1.807, 2.05) is 12.1 Å². The van der Waals surface area contributed by atoms with Gasteiger partial charge in [0.15, 0.2) is 0 Å². The number of carbonyl (C=O) groups excluding carboxylic acids is 1. The van der Waals surface area contributed by atoms with E-state index in [4.69, 9.17) is 4.74 Å². The first-order valence-electron chi connectivity index (χ1n) is 9.60. The molecule has 1 amide bonds. The minimum absolute atomic E-state index is 0.110. The highest BCUT2D eigenvalue weighted by molar-refractivity contribution is 7.89. The number of sulfonamides is 1. The van der Waals surface area contributed by atoms with Crippen molar-refractivity contribution in [3.05, 3.63) is 95.8 Å². The third-order valence-corrected chi connectivity index (χ3v) is 6.13. The van der Waals surface area contributed by atoms with Gasteiger partial charge in [0.1, 0.15) is 22.5 Å². The van der Waals surface area contributed by atoms with E-state index in [-0.39, 0.29) is 13.0 Å². The predicted octanol–water partition coefficient (Wildman–Crippen LogP) is 3.04. The first-order valence-corrected chi connectivity index (χ1v) is 11.1. The number of rotatable bonds is 9. The van der Waals surface area contributed by atoms with Gasteiger partial charge in [-0.1, -0.05) is 54.6 Å². The summed E-state index contributed by atoms with van der Waals surface area (Å²) in [5.74, 6) is -0.760. The summed E-state index contributed by atoms with van der Waals surface area (Å²) in [6, 6.07) is 20.1. The van der Waals surface area contributed by atoms with Crippen LogP contribution < -0.4 is 14.8 Å². The number of hydrogen-bond donors (Lipinski definition) is 2. The van der Waals surface area contributed by atoms with Crippen molar-refractivity contribution in [1.82, 2.24) is 10.0 Å².